The number of rotatable bonds is 8. The van der Waals surface area contributed by atoms with Gasteiger partial charge in [0.2, 0.25) is 0 Å². The lowest BCUT2D eigenvalue weighted by molar-refractivity contribution is 0.535. The second-order valence-electron chi connectivity index (χ2n) is 5.51. The average molecular weight is 248 g/mol. The summed E-state index contributed by atoms with van der Waals surface area (Å²) in [5, 5.41) is 3.49. The summed E-state index contributed by atoms with van der Waals surface area (Å²) in [4.78, 5) is 2.36. The second kappa shape index (κ2) is 8.15. The second-order valence-corrected chi connectivity index (χ2v) is 5.51. The largest absolute Gasteiger partial charge is 0.374 e. The number of nitrogens with one attached hydrogen (secondary N) is 1. The highest BCUT2D eigenvalue weighted by atomic mass is 15.1. The Morgan fingerprint density at radius 1 is 1.17 bits per heavy atom. The van der Waals surface area contributed by atoms with Crippen LogP contribution in [-0.2, 0) is 0 Å². The van der Waals surface area contributed by atoms with E-state index in [1.54, 1.807) is 0 Å². The van der Waals surface area contributed by atoms with Crippen LogP contribution in [0.2, 0.25) is 0 Å². The Balaban J connectivity index is 2.18. The zero-order chi connectivity index (χ0) is 13.4. The number of benzene rings is 1. The van der Waals surface area contributed by atoms with E-state index in [0.29, 0.717) is 0 Å². The van der Waals surface area contributed by atoms with Crippen molar-refractivity contribution in [2.24, 2.45) is 5.92 Å². The van der Waals surface area contributed by atoms with Gasteiger partial charge in [0.15, 0.2) is 0 Å². The summed E-state index contributed by atoms with van der Waals surface area (Å²) in [5.41, 5.74) is 2.71. The molecule has 0 bridgehead atoms. The van der Waals surface area contributed by atoms with E-state index in [2.05, 4.69) is 62.3 Å². The fourth-order valence-electron chi connectivity index (χ4n) is 2.10. The zero-order valence-corrected chi connectivity index (χ0v) is 12.4. The van der Waals surface area contributed by atoms with Crippen molar-refractivity contribution in [3.05, 3.63) is 29.8 Å². The summed E-state index contributed by atoms with van der Waals surface area (Å²) in [5.74, 6) is 0.750. The van der Waals surface area contributed by atoms with Crippen LogP contribution >= 0.6 is 0 Å². The van der Waals surface area contributed by atoms with Gasteiger partial charge in [0.1, 0.15) is 0 Å². The van der Waals surface area contributed by atoms with Crippen LogP contribution in [0.4, 0.5) is 5.69 Å². The lowest BCUT2D eigenvalue weighted by Crippen LogP contribution is -2.23. The van der Waals surface area contributed by atoms with Crippen molar-refractivity contribution in [2.45, 2.75) is 33.6 Å². The molecule has 0 aliphatic heterocycles. The van der Waals surface area contributed by atoms with Crippen LogP contribution in [0.15, 0.2) is 24.3 Å². The highest BCUT2D eigenvalue weighted by Gasteiger charge is 2.02. The minimum Gasteiger partial charge on any atom is -0.374 e. The summed E-state index contributed by atoms with van der Waals surface area (Å²) in [6.07, 6.45) is 2.50. The SMILES string of the molecule is Cc1ccccc1N(C)CCCCNCC(C)C. The first-order valence-corrected chi connectivity index (χ1v) is 7.08. The fourth-order valence-corrected chi connectivity index (χ4v) is 2.10. The van der Waals surface area contributed by atoms with Gasteiger partial charge in [-0.3, -0.25) is 0 Å². The third-order valence-electron chi connectivity index (χ3n) is 3.18. The monoisotopic (exact) mass is 248 g/mol. The van der Waals surface area contributed by atoms with E-state index in [9.17, 15) is 0 Å². The third kappa shape index (κ3) is 5.54. The van der Waals surface area contributed by atoms with Crippen LogP contribution in [0.25, 0.3) is 0 Å². The van der Waals surface area contributed by atoms with Gasteiger partial charge in [-0.2, -0.15) is 0 Å². The standard InChI is InChI=1S/C16H28N2/c1-14(2)13-17-11-7-8-12-18(4)16-10-6-5-9-15(16)3/h5-6,9-10,14,17H,7-8,11-13H2,1-4H3. The topological polar surface area (TPSA) is 15.3 Å². The molecule has 0 saturated carbocycles. The number of nitrogens with zero attached hydrogens (tertiary/aromatic N) is 1. The molecule has 18 heavy (non-hydrogen) atoms. The maximum atomic E-state index is 3.49. The van der Waals surface area contributed by atoms with Gasteiger partial charge in [-0.15, -0.1) is 0 Å². The van der Waals surface area contributed by atoms with E-state index in [1.807, 2.05) is 0 Å². The van der Waals surface area contributed by atoms with Gasteiger partial charge in [-0.05, 0) is 50.4 Å². The highest BCUT2D eigenvalue weighted by Crippen LogP contribution is 2.17. The molecular weight excluding hydrogens is 220 g/mol. The number of anilines is 1. The van der Waals surface area contributed by atoms with E-state index < -0.39 is 0 Å². The first-order valence-electron chi connectivity index (χ1n) is 7.08. The van der Waals surface area contributed by atoms with E-state index in [4.69, 9.17) is 0 Å². The molecule has 0 aliphatic rings. The van der Waals surface area contributed by atoms with Crippen LogP contribution < -0.4 is 10.2 Å². The van der Waals surface area contributed by atoms with Crippen molar-refractivity contribution in [2.75, 3.05) is 31.6 Å². The molecule has 1 rings (SSSR count). The minimum atomic E-state index is 0.750. The Bertz CT molecular complexity index is 334. The van der Waals surface area contributed by atoms with Crippen molar-refractivity contribution in [3.8, 4) is 0 Å². The van der Waals surface area contributed by atoms with Gasteiger partial charge in [0.05, 0.1) is 0 Å². The highest BCUT2D eigenvalue weighted by molar-refractivity contribution is 5.52. The lowest BCUT2D eigenvalue weighted by Gasteiger charge is -2.21. The Hall–Kier alpha value is -1.02. The van der Waals surface area contributed by atoms with E-state index >= 15 is 0 Å². The van der Waals surface area contributed by atoms with E-state index in [1.165, 1.54) is 24.1 Å². The van der Waals surface area contributed by atoms with Crippen LogP contribution in [0.1, 0.15) is 32.3 Å². The molecule has 2 nitrogen and oxygen atoms in total. The predicted octanol–water partition coefficient (Wildman–Crippen LogP) is 3.46. The van der Waals surface area contributed by atoms with Gasteiger partial charge in [-0.1, -0.05) is 32.0 Å². The molecule has 0 aliphatic carbocycles. The van der Waals surface area contributed by atoms with Gasteiger partial charge in [0, 0.05) is 19.3 Å². The van der Waals surface area contributed by atoms with E-state index in [0.717, 1.165) is 25.6 Å². The average Bonchev–Trinajstić information content (AvgIpc) is 2.33. The Labute approximate surface area is 112 Å². The normalized spacial score (nSPS) is 10.9. The molecule has 0 heterocycles. The van der Waals surface area contributed by atoms with Gasteiger partial charge in [0.25, 0.3) is 0 Å². The van der Waals surface area contributed by atoms with Gasteiger partial charge < -0.3 is 10.2 Å². The summed E-state index contributed by atoms with van der Waals surface area (Å²) in [6.45, 7) is 10.1. The third-order valence-corrected chi connectivity index (χ3v) is 3.18. The van der Waals surface area contributed by atoms with Crippen LogP contribution in [0.5, 0.6) is 0 Å². The van der Waals surface area contributed by atoms with Crippen LogP contribution in [0.3, 0.4) is 0 Å². The number of hydrogen-bond donors (Lipinski definition) is 1. The summed E-state index contributed by atoms with van der Waals surface area (Å²) in [6, 6.07) is 8.59. The molecule has 0 amide bonds. The van der Waals surface area contributed by atoms with Gasteiger partial charge >= 0.3 is 0 Å². The molecule has 0 spiro atoms. The maximum Gasteiger partial charge on any atom is 0.0393 e. The summed E-state index contributed by atoms with van der Waals surface area (Å²) >= 11 is 0. The number of aryl methyl sites for hydroxylation is 1. The lowest BCUT2D eigenvalue weighted by atomic mass is 10.1. The molecule has 0 unspecified atom stereocenters. The Morgan fingerprint density at radius 3 is 2.56 bits per heavy atom. The van der Waals surface area contributed by atoms with Crippen LogP contribution in [0, 0.1) is 12.8 Å². The molecule has 1 aromatic carbocycles. The Morgan fingerprint density at radius 2 is 1.89 bits per heavy atom. The fraction of sp³-hybridized carbons (Fsp3) is 0.625. The van der Waals surface area contributed by atoms with Crippen molar-refractivity contribution in [1.29, 1.82) is 0 Å². The maximum absolute atomic E-state index is 3.49. The smallest absolute Gasteiger partial charge is 0.0393 e. The molecule has 0 saturated heterocycles. The quantitative estimate of drug-likeness (QED) is 0.709. The summed E-state index contributed by atoms with van der Waals surface area (Å²) < 4.78 is 0. The molecule has 0 aromatic heterocycles. The number of para-hydroxylation sites is 1. The number of hydrogen-bond acceptors (Lipinski definition) is 2. The predicted molar refractivity (Wildman–Crippen MR) is 81.4 cm³/mol. The first-order chi connectivity index (χ1) is 8.61. The number of unbranched alkanes of at least 4 members (excludes halogenated alkanes) is 1. The van der Waals surface area contributed by atoms with Crippen molar-refractivity contribution in [3.63, 3.8) is 0 Å². The molecule has 102 valence electrons. The molecule has 0 fully saturated rings. The van der Waals surface area contributed by atoms with Crippen molar-refractivity contribution >= 4 is 5.69 Å². The molecular formula is C16H28N2. The minimum absolute atomic E-state index is 0.750. The molecule has 0 atom stereocenters. The molecule has 0 radical (unpaired) electrons. The van der Waals surface area contributed by atoms with Crippen molar-refractivity contribution < 1.29 is 0 Å². The van der Waals surface area contributed by atoms with E-state index in [-0.39, 0.29) is 0 Å². The van der Waals surface area contributed by atoms with Crippen molar-refractivity contribution in [1.82, 2.24) is 5.32 Å². The zero-order valence-electron chi connectivity index (χ0n) is 12.4. The molecule has 1 aromatic rings. The Kier molecular flexibility index (Phi) is 6.81. The van der Waals surface area contributed by atoms with Crippen LogP contribution in [-0.4, -0.2) is 26.7 Å². The molecule has 1 N–H and O–H groups in total. The molecule has 2 heteroatoms. The first kappa shape index (κ1) is 15.0. The van der Waals surface area contributed by atoms with Gasteiger partial charge in [-0.25, -0.2) is 0 Å². The summed E-state index contributed by atoms with van der Waals surface area (Å²) in [7, 11) is 2.18.